The van der Waals surface area contributed by atoms with Gasteiger partial charge >= 0.3 is 0 Å². The summed E-state index contributed by atoms with van der Waals surface area (Å²) < 4.78 is 5.13. The maximum Gasteiger partial charge on any atom is 0.233 e. The lowest BCUT2D eigenvalue weighted by molar-refractivity contribution is 0.366. The van der Waals surface area contributed by atoms with E-state index in [0.717, 1.165) is 5.56 Å². The molecular formula is C11H11ClN2O. The second-order valence-corrected chi connectivity index (χ2v) is 3.58. The van der Waals surface area contributed by atoms with Crippen molar-refractivity contribution in [2.45, 2.75) is 18.7 Å². The Balaban J connectivity index is 2.24. The van der Waals surface area contributed by atoms with Crippen LogP contribution in [-0.4, -0.2) is 10.1 Å². The molecule has 0 bridgehead atoms. The van der Waals surface area contributed by atoms with Gasteiger partial charge in [-0.15, -0.1) is 11.6 Å². The molecule has 0 saturated heterocycles. The highest BCUT2D eigenvalue weighted by atomic mass is 35.5. The van der Waals surface area contributed by atoms with E-state index in [2.05, 4.69) is 10.1 Å². The Kier molecular flexibility index (Phi) is 3.02. The molecule has 1 aromatic carbocycles. The van der Waals surface area contributed by atoms with Gasteiger partial charge in [0.2, 0.25) is 5.89 Å². The Morgan fingerprint density at radius 3 is 2.67 bits per heavy atom. The van der Waals surface area contributed by atoms with Gasteiger partial charge in [-0.1, -0.05) is 35.5 Å². The second-order valence-electron chi connectivity index (χ2n) is 3.31. The molecule has 0 aliphatic carbocycles. The molecule has 2 aromatic rings. The standard InChI is InChI=1S/C11H11ClN2O/c1-8(9-5-3-2-4-6-9)11-13-10(7-12)14-15-11/h2-6,8H,7H2,1H3. The van der Waals surface area contributed by atoms with Crippen LogP contribution in [0.2, 0.25) is 0 Å². The van der Waals surface area contributed by atoms with Crippen molar-refractivity contribution in [3.05, 3.63) is 47.6 Å². The molecule has 0 amide bonds. The zero-order chi connectivity index (χ0) is 10.7. The first-order valence-corrected chi connectivity index (χ1v) is 5.28. The molecule has 4 heteroatoms. The van der Waals surface area contributed by atoms with Gasteiger partial charge < -0.3 is 4.52 Å². The molecule has 15 heavy (non-hydrogen) atoms. The van der Waals surface area contributed by atoms with Crippen molar-refractivity contribution in [3.8, 4) is 0 Å². The largest absolute Gasteiger partial charge is 0.339 e. The normalized spacial score (nSPS) is 12.7. The number of nitrogens with zero attached hydrogens (tertiary/aromatic N) is 2. The SMILES string of the molecule is CC(c1ccccc1)c1nc(CCl)no1. The van der Waals surface area contributed by atoms with Crippen LogP contribution >= 0.6 is 11.6 Å². The molecule has 0 aliphatic rings. The fourth-order valence-corrected chi connectivity index (χ4v) is 1.49. The third kappa shape index (κ3) is 2.18. The van der Waals surface area contributed by atoms with E-state index in [-0.39, 0.29) is 11.8 Å². The topological polar surface area (TPSA) is 38.9 Å². The van der Waals surface area contributed by atoms with Crippen molar-refractivity contribution in [1.29, 1.82) is 0 Å². The van der Waals surface area contributed by atoms with Crippen LogP contribution in [-0.2, 0) is 5.88 Å². The minimum atomic E-state index is 0.107. The van der Waals surface area contributed by atoms with Crippen LogP contribution < -0.4 is 0 Å². The summed E-state index contributed by atoms with van der Waals surface area (Å²) >= 11 is 5.61. The smallest absolute Gasteiger partial charge is 0.233 e. The van der Waals surface area contributed by atoms with Gasteiger partial charge in [0.15, 0.2) is 5.82 Å². The third-order valence-corrected chi connectivity index (χ3v) is 2.51. The van der Waals surface area contributed by atoms with Crippen LogP contribution in [0.25, 0.3) is 0 Å². The first-order chi connectivity index (χ1) is 7.31. The van der Waals surface area contributed by atoms with Crippen LogP contribution in [0.15, 0.2) is 34.9 Å². The van der Waals surface area contributed by atoms with E-state index in [9.17, 15) is 0 Å². The van der Waals surface area contributed by atoms with Crippen molar-refractivity contribution >= 4 is 11.6 Å². The highest BCUT2D eigenvalue weighted by Crippen LogP contribution is 2.22. The molecule has 0 radical (unpaired) electrons. The van der Waals surface area contributed by atoms with E-state index in [1.54, 1.807) is 0 Å². The Bertz CT molecular complexity index is 427. The lowest BCUT2D eigenvalue weighted by Crippen LogP contribution is -1.96. The summed E-state index contributed by atoms with van der Waals surface area (Å²) in [4.78, 5) is 4.20. The summed E-state index contributed by atoms with van der Waals surface area (Å²) in [7, 11) is 0. The number of hydrogen-bond donors (Lipinski definition) is 0. The summed E-state index contributed by atoms with van der Waals surface area (Å²) in [5.74, 6) is 1.53. The Labute approximate surface area is 93.1 Å². The second kappa shape index (κ2) is 4.45. The van der Waals surface area contributed by atoms with Crippen LogP contribution in [0.1, 0.15) is 30.1 Å². The lowest BCUT2D eigenvalue weighted by Gasteiger charge is -2.05. The number of benzene rings is 1. The molecule has 3 nitrogen and oxygen atoms in total. The molecular weight excluding hydrogens is 212 g/mol. The van der Waals surface area contributed by atoms with E-state index in [1.807, 2.05) is 37.3 Å². The summed E-state index contributed by atoms with van der Waals surface area (Å²) in [5, 5.41) is 3.76. The van der Waals surface area contributed by atoms with E-state index < -0.39 is 0 Å². The van der Waals surface area contributed by atoms with Crippen molar-refractivity contribution < 1.29 is 4.52 Å². The quantitative estimate of drug-likeness (QED) is 0.750. The predicted octanol–water partition coefficient (Wildman–Crippen LogP) is 2.96. The lowest BCUT2D eigenvalue weighted by atomic mass is 10.0. The van der Waals surface area contributed by atoms with Gasteiger partial charge in [-0.3, -0.25) is 0 Å². The monoisotopic (exact) mass is 222 g/mol. The molecule has 0 saturated carbocycles. The predicted molar refractivity (Wildman–Crippen MR) is 57.8 cm³/mol. The first kappa shape index (κ1) is 10.2. The molecule has 0 fully saturated rings. The van der Waals surface area contributed by atoms with Crippen LogP contribution in [0.4, 0.5) is 0 Å². The molecule has 0 N–H and O–H groups in total. The van der Waals surface area contributed by atoms with E-state index in [4.69, 9.17) is 16.1 Å². The summed E-state index contributed by atoms with van der Waals surface area (Å²) in [6, 6.07) is 10.0. The number of halogens is 1. The van der Waals surface area contributed by atoms with Gasteiger partial charge in [0.1, 0.15) is 0 Å². The highest BCUT2D eigenvalue weighted by molar-refractivity contribution is 6.16. The summed E-state index contributed by atoms with van der Waals surface area (Å²) in [6.07, 6.45) is 0. The number of rotatable bonds is 3. The van der Waals surface area contributed by atoms with Crippen molar-refractivity contribution in [2.75, 3.05) is 0 Å². The van der Waals surface area contributed by atoms with Crippen molar-refractivity contribution in [1.82, 2.24) is 10.1 Å². The maximum absolute atomic E-state index is 5.61. The molecule has 1 atom stereocenters. The highest BCUT2D eigenvalue weighted by Gasteiger charge is 2.15. The summed E-state index contributed by atoms with van der Waals surface area (Å²) in [6.45, 7) is 2.03. The number of aromatic nitrogens is 2. The molecule has 2 rings (SSSR count). The maximum atomic E-state index is 5.61. The zero-order valence-corrected chi connectivity index (χ0v) is 9.11. The molecule has 1 unspecified atom stereocenters. The first-order valence-electron chi connectivity index (χ1n) is 4.74. The fraction of sp³-hybridized carbons (Fsp3) is 0.273. The van der Waals surface area contributed by atoms with Gasteiger partial charge in [-0.2, -0.15) is 4.98 Å². The van der Waals surface area contributed by atoms with Crippen molar-refractivity contribution in [2.24, 2.45) is 0 Å². The van der Waals surface area contributed by atoms with E-state index >= 15 is 0 Å². The Hall–Kier alpha value is -1.35. The Morgan fingerprint density at radius 1 is 1.33 bits per heavy atom. The average Bonchev–Trinajstić information content (AvgIpc) is 2.78. The van der Waals surface area contributed by atoms with E-state index in [0.29, 0.717) is 11.7 Å². The molecule has 0 aliphatic heterocycles. The van der Waals surface area contributed by atoms with E-state index in [1.165, 1.54) is 0 Å². The molecule has 0 spiro atoms. The van der Waals surface area contributed by atoms with Crippen molar-refractivity contribution in [3.63, 3.8) is 0 Å². The van der Waals surface area contributed by atoms with Gasteiger partial charge in [-0.25, -0.2) is 0 Å². The zero-order valence-electron chi connectivity index (χ0n) is 8.35. The third-order valence-electron chi connectivity index (χ3n) is 2.27. The number of alkyl halides is 1. The van der Waals surface area contributed by atoms with Gasteiger partial charge in [0, 0.05) is 0 Å². The van der Waals surface area contributed by atoms with Crippen LogP contribution in [0, 0.1) is 0 Å². The number of hydrogen-bond acceptors (Lipinski definition) is 3. The van der Waals surface area contributed by atoms with Gasteiger partial charge in [0.25, 0.3) is 0 Å². The molecule has 78 valence electrons. The molecule has 1 heterocycles. The van der Waals surface area contributed by atoms with Gasteiger partial charge in [0.05, 0.1) is 11.8 Å². The average molecular weight is 223 g/mol. The molecule has 1 aromatic heterocycles. The summed E-state index contributed by atoms with van der Waals surface area (Å²) in [5.41, 5.74) is 1.15. The minimum absolute atomic E-state index is 0.107. The van der Waals surface area contributed by atoms with Gasteiger partial charge in [-0.05, 0) is 12.5 Å². The minimum Gasteiger partial charge on any atom is -0.339 e. The van der Waals surface area contributed by atoms with Crippen LogP contribution in [0.3, 0.4) is 0 Å². The Morgan fingerprint density at radius 2 is 2.07 bits per heavy atom. The fourth-order valence-electron chi connectivity index (χ4n) is 1.38. The van der Waals surface area contributed by atoms with Crippen LogP contribution in [0.5, 0.6) is 0 Å².